The average Bonchev–Trinajstić information content (AvgIpc) is 2.87. The fourth-order valence-corrected chi connectivity index (χ4v) is 2.78. The molecule has 3 N–H and O–H groups in total. The van der Waals surface area contributed by atoms with E-state index < -0.39 is 0 Å². The standard InChI is InChI=1S/C9H17N3OS/c13-9(8-5-14-6-12-8)11-4-7-2-1-3-10-7/h7-8,10,12H,1-6H2,(H,11,13). The first-order valence-corrected chi connectivity index (χ1v) is 6.34. The molecule has 0 aromatic rings. The van der Waals surface area contributed by atoms with Gasteiger partial charge in [-0.2, -0.15) is 0 Å². The van der Waals surface area contributed by atoms with Gasteiger partial charge >= 0.3 is 0 Å². The number of carbonyl (C=O) groups excluding carboxylic acids is 1. The van der Waals surface area contributed by atoms with E-state index in [1.807, 2.05) is 0 Å². The maximum absolute atomic E-state index is 11.6. The Labute approximate surface area is 88.6 Å². The van der Waals surface area contributed by atoms with Gasteiger partial charge in [0, 0.05) is 24.2 Å². The topological polar surface area (TPSA) is 53.2 Å². The number of nitrogens with one attached hydrogen (secondary N) is 3. The molecule has 14 heavy (non-hydrogen) atoms. The molecule has 2 atom stereocenters. The zero-order valence-corrected chi connectivity index (χ0v) is 9.03. The third-order valence-electron chi connectivity index (χ3n) is 2.72. The number of thioether (sulfide) groups is 1. The van der Waals surface area contributed by atoms with Crippen LogP contribution >= 0.6 is 11.8 Å². The van der Waals surface area contributed by atoms with Crippen LogP contribution in [0.25, 0.3) is 0 Å². The lowest BCUT2D eigenvalue weighted by molar-refractivity contribution is -0.122. The van der Waals surface area contributed by atoms with Gasteiger partial charge in [-0.1, -0.05) is 0 Å². The zero-order valence-electron chi connectivity index (χ0n) is 8.21. The van der Waals surface area contributed by atoms with Crippen LogP contribution in [0.2, 0.25) is 0 Å². The molecule has 0 aliphatic carbocycles. The summed E-state index contributed by atoms with van der Waals surface area (Å²) in [6, 6.07) is 0.523. The number of rotatable bonds is 3. The highest BCUT2D eigenvalue weighted by Gasteiger charge is 2.23. The molecule has 2 aliphatic heterocycles. The number of carbonyl (C=O) groups is 1. The molecular formula is C9H17N3OS. The Kier molecular flexibility index (Phi) is 3.67. The molecule has 4 nitrogen and oxygen atoms in total. The Morgan fingerprint density at radius 3 is 3.07 bits per heavy atom. The summed E-state index contributed by atoms with van der Waals surface area (Å²) < 4.78 is 0. The van der Waals surface area contributed by atoms with Gasteiger partial charge in [-0.15, -0.1) is 11.8 Å². The summed E-state index contributed by atoms with van der Waals surface area (Å²) in [6.07, 6.45) is 2.42. The second kappa shape index (κ2) is 5.00. The summed E-state index contributed by atoms with van der Waals surface area (Å²) in [5, 5.41) is 9.51. The molecular weight excluding hydrogens is 198 g/mol. The van der Waals surface area contributed by atoms with Crippen molar-refractivity contribution in [3.8, 4) is 0 Å². The zero-order chi connectivity index (χ0) is 9.80. The molecule has 0 aromatic heterocycles. The van der Waals surface area contributed by atoms with Crippen LogP contribution in [0.4, 0.5) is 0 Å². The van der Waals surface area contributed by atoms with E-state index in [1.54, 1.807) is 11.8 Å². The van der Waals surface area contributed by atoms with Gasteiger partial charge in [-0.05, 0) is 19.4 Å². The SMILES string of the molecule is O=C(NCC1CCCN1)C1CSCN1. The maximum Gasteiger partial charge on any atom is 0.238 e. The second-order valence-corrected chi connectivity index (χ2v) is 4.84. The molecule has 0 saturated carbocycles. The van der Waals surface area contributed by atoms with Crippen LogP contribution in [0.15, 0.2) is 0 Å². The molecule has 1 amide bonds. The molecule has 2 heterocycles. The first-order chi connectivity index (χ1) is 6.86. The average molecular weight is 215 g/mol. The van der Waals surface area contributed by atoms with Gasteiger partial charge in [0.1, 0.15) is 0 Å². The molecule has 80 valence electrons. The molecule has 0 aromatic carbocycles. The summed E-state index contributed by atoms with van der Waals surface area (Å²) in [5.41, 5.74) is 0. The molecule has 2 saturated heterocycles. The molecule has 0 spiro atoms. The minimum absolute atomic E-state index is 0.0291. The van der Waals surface area contributed by atoms with Crippen LogP contribution in [-0.2, 0) is 4.79 Å². The van der Waals surface area contributed by atoms with Crippen LogP contribution in [0, 0.1) is 0 Å². The Morgan fingerprint density at radius 2 is 2.43 bits per heavy atom. The predicted octanol–water partition coefficient (Wildman–Crippen LogP) is -0.483. The molecule has 0 bridgehead atoms. The lowest BCUT2D eigenvalue weighted by Crippen LogP contribution is -2.46. The minimum Gasteiger partial charge on any atom is -0.353 e. The first kappa shape index (κ1) is 10.3. The number of hydrogen-bond donors (Lipinski definition) is 3. The Morgan fingerprint density at radius 1 is 1.50 bits per heavy atom. The van der Waals surface area contributed by atoms with Crippen LogP contribution in [0.3, 0.4) is 0 Å². The summed E-state index contributed by atoms with van der Waals surface area (Å²) in [5.74, 6) is 1.97. The van der Waals surface area contributed by atoms with E-state index in [9.17, 15) is 4.79 Å². The van der Waals surface area contributed by atoms with Gasteiger partial charge in [-0.25, -0.2) is 0 Å². The lowest BCUT2D eigenvalue weighted by atomic mass is 10.2. The van der Waals surface area contributed by atoms with Crippen molar-refractivity contribution in [3.05, 3.63) is 0 Å². The van der Waals surface area contributed by atoms with Crippen LogP contribution < -0.4 is 16.0 Å². The summed E-state index contributed by atoms with van der Waals surface area (Å²) >= 11 is 1.78. The highest BCUT2D eigenvalue weighted by molar-refractivity contribution is 7.99. The van der Waals surface area contributed by atoms with Gasteiger partial charge in [-0.3, -0.25) is 10.1 Å². The van der Waals surface area contributed by atoms with Crippen molar-refractivity contribution in [3.63, 3.8) is 0 Å². The Bertz CT molecular complexity index is 200. The number of amides is 1. The Balaban J connectivity index is 1.66. The van der Waals surface area contributed by atoms with Crippen LogP contribution in [0.5, 0.6) is 0 Å². The van der Waals surface area contributed by atoms with Crippen LogP contribution in [-0.4, -0.2) is 42.7 Å². The fourth-order valence-electron chi connectivity index (χ4n) is 1.84. The third kappa shape index (κ3) is 2.62. The van der Waals surface area contributed by atoms with Crippen molar-refractivity contribution in [1.82, 2.24) is 16.0 Å². The van der Waals surface area contributed by atoms with E-state index in [-0.39, 0.29) is 11.9 Å². The maximum atomic E-state index is 11.6. The smallest absolute Gasteiger partial charge is 0.238 e. The fraction of sp³-hybridized carbons (Fsp3) is 0.889. The van der Waals surface area contributed by atoms with Crippen molar-refractivity contribution >= 4 is 17.7 Å². The Hall–Kier alpha value is -0.260. The van der Waals surface area contributed by atoms with E-state index in [1.165, 1.54) is 12.8 Å². The first-order valence-electron chi connectivity index (χ1n) is 5.18. The molecule has 2 rings (SSSR count). The minimum atomic E-state index is 0.0291. The third-order valence-corrected chi connectivity index (χ3v) is 3.66. The molecule has 0 radical (unpaired) electrons. The van der Waals surface area contributed by atoms with E-state index in [0.29, 0.717) is 6.04 Å². The predicted molar refractivity (Wildman–Crippen MR) is 58.3 cm³/mol. The van der Waals surface area contributed by atoms with Gasteiger partial charge in [0.2, 0.25) is 5.91 Å². The number of hydrogen-bond acceptors (Lipinski definition) is 4. The highest BCUT2D eigenvalue weighted by atomic mass is 32.2. The van der Waals surface area contributed by atoms with E-state index in [4.69, 9.17) is 0 Å². The quantitative estimate of drug-likeness (QED) is 0.595. The molecule has 2 fully saturated rings. The normalized spacial score (nSPS) is 32.0. The van der Waals surface area contributed by atoms with E-state index in [0.717, 1.165) is 24.7 Å². The molecule has 2 unspecified atom stereocenters. The summed E-state index contributed by atoms with van der Waals surface area (Å²) in [7, 11) is 0. The van der Waals surface area contributed by atoms with E-state index >= 15 is 0 Å². The van der Waals surface area contributed by atoms with Crippen LogP contribution in [0.1, 0.15) is 12.8 Å². The highest BCUT2D eigenvalue weighted by Crippen LogP contribution is 2.09. The lowest BCUT2D eigenvalue weighted by Gasteiger charge is -2.14. The summed E-state index contributed by atoms with van der Waals surface area (Å²) in [4.78, 5) is 11.6. The van der Waals surface area contributed by atoms with Gasteiger partial charge in [0.15, 0.2) is 0 Å². The monoisotopic (exact) mass is 215 g/mol. The van der Waals surface area contributed by atoms with Gasteiger partial charge in [0.25, 0.3) is 0 Å². The van der Waals surface area contributed by atoms with Crippen molar-refractivity contribution in [2.75, 3.05) is 24.7 Å². The largest absolute Gasteiger partial charge is 0.353 e. The van der Waals surface area contributed by atoms with Crippen molar-refractivity contribution in [2.24, 2.45) is 0 Å². The second-order valence-electron chi connectivity index (χ2n) is 3.81. The molecule has 5 heteroatoms. The van der Waals surface area contributed by atoms with E-state index in [2.05, 4.69) is 16.0 Å². The van der Waals surface area contributed by atoms with Crippen molar-refractivity contribution < 1.29 is 4.79 Å². The summed E-state index contributed by atoms with van der Waals surface area (Å²) in [6.45, 7) is 1.87. The molecule has 2 aliphatic rings. The van der Waals surface area contributed by atoms with Gasteiger partial charge in [0.05, 0.1) is 6.04 Å². The van der Waals surface area contributed by atoms with Crippen molar-refractivity contribution in [1.29, 1.82) is 0 Å². The van der Waals surface area contributed by atoms with Crippen molar-refractivity contribution in [2.45, 2.75) is 24.9 Å². The van der Waals surface area contributed by atoms with Gasteiger partial charge < -0.3 is 10.6 Å².